The van der Waals surface area contributed by atoms with Crippen molar-refractivity contribution in [2.45, 2.75) is 6.54 Å². The van der Waals surface area contributed by atoms with Crippen LogP contribution < -0.4 is 10.5 Å². The van der Waals surface area contributed by atoms with E-state index in [-0.39, 0.29) is 0 Å². The summed E-state index contributed by atoms with van der Waals surface area (Å²) in [7, 11) is 1.64. The standard InChI is InChI=1S/C10H11N3OS/c1-14-8-4-2-7(3-5-8)10-9(6-11)15-13-12-10/h2-5H,6,11H2,1H3. The van der Waals surface area contributed by atoms with Gasteiger partial charge in [-0.15, -0.1) is 5.10 Å². The fourth-order valence-electron chi connectivity index (χ4n) is 1.31. The summed E-state index contributed by atoms with van der Waals surface area (Å²) < 4.78 is 8.98. The molecule has 5 heteroatoms. The number of hydrogen-bond donors (Lipinski definition) is 1. The second-order valence-electron chi connectivity index (χ2n) is 2.98. The van der Waals surface area contributed by atoms with Crippen LogP contribution in [-0.2, 0) is 6.54 Å². The first-order valence-corrected chi connectivity index (χ1v) is 5.28. The van der Waals surface area contributed by atoms with Crippen molar-refractivity contribution >= 4 is 11.5 Å². The number of rotatable bonds is 3. The third-order valence-corrected chi connectivity index (χ3v) is 2.85. The molecule has 0 saturated carbocycles. The summed E-state index contributed by atoms with van der Waals surface area (Å²) >= 11 is 1.34. The van der Waals surface area contributed by atoms with Gasteiger partial charge in [0.1, 0.15) is 11.4 Å². The molecule has 0 radical (unpaired) electrons. The van der Waals surface area contributed by atoms with Crippen LogP contribution in [0.15, 0.2) is 24.3 Å². The van der Waals surface area contributed by atoms with Gasteiger partial charge in [-0.05, 0) is 35.8 Å². The molecule has 2 aromatic rings. The van der Waals surface area contributed by atoms with Gasteiger partial charge >= 0.3 is 0 Å². The molecule has 0 aliphatic heterocycles. The van der Waals surface area contributed by atoms with E-state index >= 15 is 0 Å². The van der Waals surface area contributed by atoms with E-state index in [9.17, 15) is 0 Å². The van der Waals surface area contributed by atoms with Gasteiger partial charge in [0.2, 0.25) is 0 Å². The summed E-state index contributed by atoms with van der Waals surface area (Å²) in [5.74, 6) is 0.830. The topological polar surface area (TPSA) is 61.0 Å². The van der Waals surface area contributed by atoms with E-state index in [0.717, 1.165) is 21.9 Å². The van der Waals surface area contributed by atoms with Crippen LogP contribution in [0.4, 0.5) is 0 Å². The monoisotopic (exact) mass is 221 g/mol. The van der Waals surface area contributed by atoms with Gasteiger partial charge in [0.25, 0.3) is 0 Å². The van der Waals surface area contributed by atoms with Crippen molar-refractivity contribution in [3.8, 4) is 17.0 Å². The Kier molecular flexibility index (Phi) is 2.94. The van der Waals surface area contributed by atoms with E-state index in [2.05, 4.69) is 9.59 Å². The van der Waals surface area contributed by atoms with Gasteiger partial charge in [0.05, 0.1) is 12.0 Å². The van der Waals surface area contributed by atoms with E-state index in [0.29, 0.717) is 6.54 Å². The van der Waals surface area contributed by atoms with Crippen molar-refractivity contribution < 1.29 is 4.74 Å². The van der Waals surface area contributed by atoms with Gasteiger partial charge < -0.3 is 10.5 Å². The van der Waals surface area contributed by atoms with E-state index in [1.165, 1.54) is 11.5 Å². The molecular formula is C10H11N3OS. The number of nitrogens with zero attached hydrogens (tertiary/aromatic N) is 2. The molecule has 4 nitrogen and oxygen atoms in total. The van der Waals surface area contributed by atoms with Crippen LogP contribution in [0.3, 0.4) is 0 Å². The molecule has 0 unspecified atom stereocenters. The highest BCUT2D eigenvalue weighted by Gasteiger charge is 2.08. The van der Waals surface area contributed by atoms with Crippen LogP contribution >= 0.6 is 11.5 Å². The third kappa shape index (κ3) is 1.98. The van der Waals surface area contributed by atoms with Gasteiger partial charge in [-0.25, -0.2) is 0 Å². The van der Waals surface area contributed by atoms with Crippen LogP contribution in [0.5, 0.6) is 5.75 Å². The van der Waals surface area contributed by atoms with E-state index in [4.69, 9.17) is 10.5 Å². The summed E-state index contributed by atoms with van der Waals surface area (Å²) in [6.45, 7) is 0.471. The van der Waals surface area contributed by atoms with Gasteiger partial charge in [-0.2, -0.15) is 0 Å². The second kappa shape index (κ2) is 4.37. The highest BCUT2D eigenvalue weighted by atomic mass is 32.1. The highest BCUT2D eigenvalue weighted by molar-refractivity contribution is 7.05. The molecule has 2 rings (SSSR count). The summed E-state index contributed by atoms with van der Waals surface area (Å²) in [5.41, 5.74) is 7.48. The molecule has 0 aliphatic rings. The summed E-state index contributed by atoms with van der Waals surface area (Å²) in [6, 6.07) is 7.70. The largest absolute Gasteiger partial charge is 0.497 e. The van der Waals surface area contributed by atoms with E-state index < -0.39 is 0 Å². The lowest BCUT2D eigenvalue weighted by Crippen LogP contribution is -1.95. The summed E-state index contributed by atoms with van der Waals surface area (Å²) in [4.78, 5) is 1.00. The van der Waals surface area contributed by atoms with Gasteiger partial charge in [-0.3, -0.25) is 0 Å². The molecule has 0 atom stereocenters. The second-order valence-corrected chi connectivity index (χ2v) is 3.82. The average Bonchev–Trinajstić information content (AvgIpc) is 2.77. The Morgan fingerprint density at radius 2 is 2.07 bits per heavy atom. The first-order chi connectivity index (χ1) is 7.35. The maximum absolute atomic E-state index is 5.59. The Morgan fingerprint density at radius 1 is 1.33 bits per heavy atom. The van der Waals surface area contributed by atoms with Crippen molar-refractivity contribution in [1.29, 1.82) is 0 Å². The van der Waals surface area contributed by atoms with Crippen LogP contribution in [0.2, 0.25) is 0 Å². The van der Waals surface area contributed by atoms with Crippen molar-refractivity contribution in [2.75, 3.05) is 7.11 Å². The number of hydrogen-bond acceptors (Lipinski definition) is 5. The van der Waals surface area contributed by atoms with E-state index in [1.807, 2.05) is 24.3 Å². The molecule has 78 valence electrons. The fourth-order valence-corrected chi connectivity index (χ4v) is 1.85. The number of nitrogens with two attached hydrogens (primary N) is 1. The zero-order valence-corrected chi connectivity index (χ0v) is 9.12. The Balaban J connectivity index is 2.37. The average molecular weight is 221 g/mol. The lowest BCUT2D eigenvalue weighted by Gasteiger charge is -2.01. The van der Waals surface area contributed by atoms with Crippen molar-refractivity contribution in [2.24, 2.45) is 5.73 Å². The molecule has 2 N–H and O–H groups in total. The lowest BCUT2D eigenvalue weighted by atomic mass is 10.1. The van der Waals surface area contributed by atoms with Crippen molar-refractivity contribution in [3.05, 3.63) is 29.1 Å². The quantitative estimate of drug-likeness (QED) is 0.856. The van der Waals surface area contributed by atoms with E-state index in [1.54, 1.807) is 7.11 Å². The van der Waals surface area contributed by atoms with Crippen LogP contribution in [0.25, 0.3) is 11.3 Å². The Hall–Kier alpha value is -1.46. The first kappa shape index (κ1) is 10.1. The van der Waals surface area contributed by atoms with Crippen LogP contribution in [0.1, 0.15) is 4.88 Å². The SMILES string of the molecule is COc1ccc(-c2nnsc2CN)cc1. The molecule has 0 amide bonds. The van der Waals surface area contributed by atoms with Gasteiger partial charge in [0, 0.05) is 12.1 Å². The molecule has 0 bridgehead atoms. The normalized spacial score (nSPS) is 10.3. The maximum Gasteiger partial charge on any atom is 0.118 e. The lowest BCUT2D eigenvalue weighted by molar-refractivity contribution is 0.415. The Bertz CT molecular complexity index is 438. The van der Waals surface area contributed by atoms with Crippen molar-refractivity contribution in [1.82, 2.24) is 9.59 Å². The van der Waals surface area contributed by atoms with Gasteiger partial charge in [0.15, 0.2) is 0 Å². The predicted molar refractivity (Wildman–Crippen MR) is 59.8 cm³/mol. The minimum absolute atomic E-state index is 0.471. The highest BCUT2D eigenvalue weighted by Crippen LogP contribution is 2.25. The number of ether oxygens (including phenoxy) is 1. The zero-order valence-electron chi connectivity index (χ0n) is 8.30. The Morgan fingerprint density at radius 3 is 2.67 bits per heavy atom. The molecule has 0 fully saturated rings. The summed E-state index contributed by atoms with van der Waals surface area (Å²) in [5, 5.41) is 4.06. The fraction of sp³-hybridized carbons (Fsp3) is 0.200. The molecular weight excluding hydrogens is 210 g/mol. The number of aromatic nitrogens is 2. The minimum atomic E-state index is 0.471. The molecule has 1 aromatic carbocycles. The van der Waals surface area contributed by atoms with Gasteiger partial charge in [-0.1, -0.05) is 4.49 Å². The third-order valence-electron chi connectivity index (χ3n) is 2.10. The smallest absolute Gasteiger partial charge is 0.118 e. The van der Waals surface area contributed by atoms with Crippen molar-refractivity contribution in [3.63, 3.8) is 0 Å². The number of methoxy groups -OCH3 is 1. The summed E-state index contributed by atoms with van der Waals surface area (Å²) in [6.07, 6.45) is 0. The minimum Gasteiger partial charge on any atom is -0.497 e. The predicted octanol–water partition coefficient (Wildman–Crippen LogP) is 1.67. The zero-order chi connectivity index (χ0) is 10.7. The molecule has 15 heavy (non-hydrogen) atoms. The Labute approximate surface area is 91.9 Å². The van der Waals surface area contributed by atoms with Crippen LogP contribution in [0, 0.1) is 0 Å². The first-order valence-electron chi connectivity index (χ1n) is 4.51. The number of benzene rings is 1. The molecule has 1 aromatic heterocycles. The molecule has 0 spiro atoms. The molecule has 0 aliphatic carbocycles. The maximum atomic E-state index is 5.59. The van der Waals surface area contributed by atoms with Crippen LogP contribution in [-0.4, -0.2) is 16.7 Å². The molecule has 1 heterocycles. The molecule has 0 saturated heterocycles.